The zero-order valence-electron chi connectivity index (χ0n) is 16.6. The van der Waals surface area contributed by atoms with E-state index in [0.29, 0.717) is 19.0 Å². The Morgan fingerprint density at radius 2 is 1.28 bits per heavy atom. The first kappa shape index (κ1) is 21.1. The van der Waals surface area contributed by atoms with Gasteiger partial charge in [0.25, 0.3) is 0 Å². The summed E-state index contributed by atoms with van der Waals surface area (Å²) in [5.41, 5.74) is 3.10. The molecule has 0 aliphatic rings. The average molecular weight is 429 g/mol. The van der Waals surface area contributed by atoms with Crippen molar-refractivity contribution in [2.45, 2.75) is 29.8 Å². The largest absolute Gasteiger partial charge is 0.366 e. The van der Waals surface area contributed by atoms with Gasteiger partial charge in [0, 0.05) is 68.8 Å². The van der Waals surface area contributed by atoms with Gasteiger partial charge in [0.1, 0.15) is 5.82 Å². The van der Waals surface area contributed by atoms with Crippen molar-refractivity contribution in [3.05, 3.63) is 71.4 Å². The number of hydrogen-bond donors (Lipinski definition) is 2. The summed E-state index contributed by atoms with van der Waals surface area (Å²) >= 11 is 0. The van der Waals surface area contributed by atoms with Crippen LogP contribution < -0.4 is 10.6 Å². The number of aromatic nitrogens is 2. The zero-order chi connectivity index (χ0) is 20.8. The molecule has 6 nitrogen and oxygen atoms in total. The quantitative estimate of drug-likeness (QED) is 0.571. The van der Waals surface area contributed by atoms with Crippen LogP contribution in [-0.2, 0) is 34.7 Å². The van der Waals surface area contributed by atoms with E-state index in [0.717, 1.165) is 32.3 Å². The maximum atomic E-state index is 11.5. The van der Waals surface area contributed by atoms with E-state index in [9.17, 15) is 8.42 Å². The SMILES string of the molecule is Cc1cnc(NCc2ccc(S(C)=O)cc2)nc1NCc1ccc(S(C)=O)cc1. The Morgan fingerprint density at radius 1 is 0.793 bits per heavy atom. The van der Waals surface area contributed by atoms with Crippen LogP contribution in [0.3, 0.4) is 0 Å². The van der Waals surface area contributed by atoms with E-state index < -0.39 is 21.6 Å². The monoisotopic (exact) mass is 428 g/mol. The second-order valence-electron chi connectivity index (χ2n) is 6.63. The van der Waals surface area contributed by atoms with Crippen molar-refractivity contribution in [3.8, 4) is 0 Å². The van der Waals surface area contributed by atoms with Crippen LogP contribution in [0, 0.1) is 6.92 Å². The highest BCUT2D eigenvalue weighted by Crippen LogP contribution is 2.16. The van der Waals surface area contributed by atoms with Crippen molar-refractivity contribution in [1.82, 2.24) is 9.97 Å². The summed E-state index contributed by atoms with van der Waals surface area (Å²) < 4.78 is 23.0. The molecular formula is C21H24N4O2S2. The van der Waals surface area contributed by atoms with Crippen LogP contribution >= 0.6 is 0 Å². The van der Waals surface area contributed by atoms with Crippen LogP contribution in [0.4, 0.5) is 11.8 Å². The Morgan fingerprint density at radius 3 is 1.76 bits per heavy atom. The predicted molar refractivity (Wildman–Crippen MR) is 119 cm³/mol. The summed E-state index contributed by atoms with van der Waals surface area (Å²) in [5, 5.41) is 6.56. The normalized spacial score (nSPS) is 12.9. The number of rotatable bonds is 8. The zero-order valence-corrected chi connectivity index (χ0v) is 18.3. The Kier molecular flexibility index (Phi) is 7.11. The van der Waals surface area contributed by atoms with E-state index in [2.05, 4.69) is 20.6 Å². The molecule has 2 N–H and O–H groups in total. The van der Waals surface area contributed by atoms with Crippen molar-refractivity contribution in [2.24, 2.45) is 0 Å². The molecule has 2 atom stereocenters. The molecule has 2 unspecified atom stereocenters. The van der Waals surface area contributed by atoms with E-state index in [4.69, 9.17) is 0 Å². The summed E-state index contributed by atoms with van der Waals surface area (Å²) in [5.74, 6) is 1.31. The Labute approximate surface area is 176 Å². The minimum atomic E-state index is -0.973. The fourth-order valence-electron chi connectivity index (χ4n) is 2.67. The van der Waals surface area contributed by atoms with E-state index in [1.54, 1.807) is 18.7 Å². The molecule has 0 aliphatic carbocycles. The lowest BCUT2D eigenvalue weighted by Crippen LogP contribution is -2.08. The molecule has 1 aromatic heterocycles. The molecule has 3 aromatic rings. The van der Waals surface area contributed by atoms with Crippen LogP contribution in [0.5, 0.6) is 0 Å². The molecular weight excluding hydrogens is 404 g/mol. The summed E-state index contributed by atoms with van der Waals surface area (Å²) in [7, 11) is -1.94. The van der Waals surface area contributed by atoms with Gasteiger partial charge in [-0.05, 0) is 42.3 Å². The molecule has 0 saturated heterocycles. The van der Waals surface area contributed by atoms with E-state index >= 15 is 0 Å². The third-order valence-electron chi connectivity index (χ3n) is 4.39. The summed E-state index contributed by atoms with van der Waals surface area (Å²) in [6.07, 6.45) is 5.12. The number of aryl methyl sites for hydroxylation is 1. The van der Waals surface area contributed by atoms with Gasteiger partial charge in [-0.3, -0.25) is 8.42 Å². The molecule has 29 heavy (non-hydrogen) atoms. The smallest absolute Gasteiger partial charge is 0.224 e. The summed E-state index contributed by atoms with van der Waals surface area (Å²) in [6.45, 7) is 3.15. The Balaban J connectivity index is 1.61. The van der Waals surface area contributed by atoms with Crippen molar-refractivity contribution >= 4 is 33.4 Å². The third kappa shape index (κ3) is 5.95. The lowest BCUT2D eigenvalue weighted by Gasteiger charge is -2.11. The van der Waals surface area contributed by atoms with Gasteiger partial charge in [-0.25, -0.2) is 4.98 Å². The first-order chi connectivity index (χ1) is 13.9. The molecule has 3 rings (SSSR count). The van der Waals surface area contributed by atoms with Crippen molar-refractivity contribution in [2.75, 3.05) is 23.1 Å². The maximum Gasteiger partial charge on any atom is 0.224 e. The second kappa shape index (κ2) is 9.76. The first-order valence-electron chi connectivity index (χ1n) is 9.08. The molecule has 152 valence electrons. The molecule has 0 amide bonds. The Bertz CT molecular complexity index is 1020. The Hall–Kier alpha value is -2.58. The number of nitrogens with one attached hydrogen (secondary N) is 2. The molecule has 0 radical (unpaired) electrons. The number of benzene rings is 2. The molecule has 2 aromatic carbocycles. The standard InChI is InChI=1S/C21H24N4O2S2/c1-15-12-23-21(24-14-17-6-10-19(11-7-17)29(3)27)25-20(15)22-13-16-4-8-18(9-5-16)28(2)26/h4-12H,13-14H2,1-3H3,(H2,22,23,24,25). The van der Waals surface area contributed by atoms with Gasteiger partial charge < -0.3 is 10.6 Å². The fourth-order valence-corrected chi connectivity index (χ4v) is 3.71. The maximum absolute atomic E-state index is 11.5. The van der Waals surface area contributed by atoms with E-state index in [-0.39, 0.29) is 0 Å². The van der Waals surface area contributed by atoms with E-state index in [1.807, 2.05) is 55.5 Å². The van der Waals surface area contributed by atoms with Gasteiger partial charge >= 0.3 is 0 Å². The first-order valence-corrected chi connectivity index (χ1v) is 12.2. The minimum absolute atomic E-state index is 0.540. The highest BCUT2D eigenvalue weighted by atomic mass is 32.2. The van der Waals surface area contributed by atoms with Crippen molar-refractivity contribution in [1.29, 1.82) is 0 Å². The van der Waals surface area contributed by atoms with Crippen LogP contribution in [0.25, 0.3) is 0 Å². The van der Waals surface area contributed by atoms with Crippen molar-refractivity contribution in [3.63, 3.8) is 0 Å². The molecule has 8 heteroatoms. The van der Waals surface area contributed by atoms with Crippen molar-refractivity contribution < 1.29 is 8.42 Å². The fraction of sp³-hybridized carbons (Fsp3) is 0.238. The molecule has 0 bridgehead atoms. The number of hydrogen-bond acceptors (Lipinski definition) is 6. The van der Waals surface area contributed by atoms with Gasteiger partial charge in [0.2, 0.25) is 5.95 Å². The number of nitrogens with zero attached hydrogens (tertiary/aromatic N) is 2. The van der Waals surface area contributed by atoms with Gasteiger partial charge in [-0.2, -0.15) is 4.98 Å². The van der Waals surface area contributed by atoms with Gasteiger partial charge in [0.15, 0.2) is 0 Å². The second-order valence-corrected chi connectivity index (χ2v) is 9.39. The van der Waals surface area contributed by atoms with Gasteiger partial charge in [0.05, 0.1) is 0 Å². The van der Waals surface area contributed by atoms with Crippen LogP contribution in [0.2, 0.25) is 0 Å². The molecule has 0 fully saturated rings. The predicted octanol–water partition coefficient (Wildman–Crippen LogP) is 3.48. The highest BCUT2D eigenvalue weighted by molar-refractivity contribution is 7.84. The lowest BCUT2D eigenvalue weighted by atomic mass is 10.2. The number of anilines is 2. The molecule has 0 aliphatic heterocycles. The molecule has 0 spiro atoms. The third-order valence-corrected chi connectivity index (χ3v) is 6.26. The average Bonchev–Trinajstić information content (AvgIpc) is 2.72. The van der Waals surface area contributed by atoms with Crippen LogP contribution in [-0.4, -0.2) is 30.9 Å². The van der Waals surface area contributed by atoms with Crippen LogP contribution in [0.15, 0.2) is 64.5 Å². The van der Waals surface area contributed by atoms with E-state index in [1.165, 1.54) is 0 Å². The molecule has 0 saturated carbocycles. The lowest BCUT2D eigenvalue weighted by molar-refractivity contribution is 0.686. The van der Waals surface area contributed by atoms with Gasteiger partial charge in [-0.1, -0.05) is 24.3 Å². The van der Waals surface area contributed by atoms with Gasteiger partial charge in [-0.15, -0.1) is 0 Å². The molecule has 1 heterocycles. The highest BCUT2D eigenvalue weighted by Gasteiger charge is 2.05. The minimum Gasteiger partial charge on any atom is -0.366 e. The van der Waals surface area contributed by atoms with Crippen LogP contribution in [0.1, 0.15) is 16.7 Å². The summed E-state index contributed by atoms with van der Waals surface area (Å²) in [4.78, 5) is 10.5. The topological polar surface area (TPSA) is 84.0 Å². The summed E-state index contributed by atoms with van der Waals surface area (Å²) in [6, 6.07) is 15.3.